The Morgan fingerprint density at radius 1 is 1.24 bits per heavy atom. The molecule has 0 aromatic heterocycles. The fourth-order valence-corrected chi connectivity index (χ4v) is 1.80. The second-order valence-corrected chi connectivity index (χ2v) is 4.50. The summed E-state index contributed by atoms with van der Waals surface area (Å²) in [5, 5.41) is 8.66. The van der Waals surface area contributed by atoms with Gasteiger partial charge >= 0.3 is 11.9 Å². The van der Waals surface area contributed by atoms with Gasteiger partial charge in [-0.15, -0.1) is 0 Å². The molecule has 98 valence electrons. The summed E-state index contributed by atoms with van der Waals surface area (Å²) in [6, 6.07) is 0. The molecule has 0 rings (SSSR count). The Balaban J connectivity index is 4.61. The van der Waals surface area contributed by atoms with E-state index in [0.717, 1.165) is 31.8 Å². The number of aliphatic carboxylic acids is 1. The van der Waals surface area contributed by atoms with Gasteiger partial charge in [-0.25, -0.2) is 9.59 Å². The van der Waals surface area contributed by atoms with E-state index in [9.17, 15) is 9.59 Å². The highest BCUT2D eigenvalue weighted by molar-refractivity contribution is 5.94. The number of carbonyl (C=O) groups excluding carboxylic acids is 1. The van der Waals surface area contributed by atoms with E-state index < -0.39 is 17.5 Å². The molecular formula is C13H22O4. The van der Waals surface area contributed by atoms with Gasteiger partial charge in [0.05, 0.1) is 0 Å². The molecule has 0 aliphatic rings. The lowest BCUT2D eigenvalue weighted by Gasteiger charge is -2.28. The Kier molecular flexibility index (Phi) is 6.54. The van der Waals surface area contributed by atoms with Crippen LogP contribution >= 0.6 is 0 Å². The fourth-order valence-electron chi connectivity index (χ4n) is 1.80. The third-order valence-electron chi connectivity index (χ3n) is 2.58. The summed E-state index contributed by atoms with van der Waals surface area (Å²) in [5.41, 5.74) is -0.499. The molecule has 4 nitrogen and oxygen atoms in total. The van der Waals surface area contributed by atoms with Crippen LogP contribution in [0.5, 0.6) is 0 Å². The lowest BCUT2D eigenvalue weighted by atomic mass is 9.95. The van der Waals surface area contributed by atoms with Crippen molar-refractivity contribution in [3.8, 4) is 0 Å². The molecule has 17 heavy (non-hydrogen) atoms. The van der Waals surface area contributed by atoms with E-state index in [1.165, 1.54) is 6.92 Å². The van der Waals surface area contributed by atoms with Crippen molar-refractivity contribution in [3.63, 3.8) is 0 Å². The third kappa shape index (κ3) is 6.09. The average molecular weight is 242 g/mol. The van der Waals surface area contributed by atoms with Crippen LogP contribution in [0, 0.1) is 0 Å². The SMILES string of the molecule is CCCC(C)(CCC)OC(=O)C=C(C)C(=O)O. The number of esters is 1. The Bertz CT molecular complexity index is 299. The van der Waals surface area contributed by atoms with Crippen molar-refractivity contribution in [1.29, 1.82) is 0 Å². The van der Waals surface area contributed by atoms with Gasteiger partial charge in [0.25, 0.3) is 0 Å². The molecule has 0 aromatic carbocycles. The summed E-state index contributed by atoms with van der Waals surface area (Å²) in [6.07, 6.45) is 4.45. The zero-order chi connectivity index (χ0) is 13.5. The molecule has 0 aliphatic heterocycles. The monoisotopic (exact) mass is 242 g/mol. The predicted octanol–water partition coefficient (Wildman–Crippen LogP) is 2.92. The zero-order valence-corrected chi connectivity index (χ0v) is 11.1. The van der Waals surface area contributed by atoms with Gasteiger partial charge in [-0.1, -0.05) is 26.7 Å². The fraction of sp³-hybridized carbons (Fsp3) is 0.692. The van der Waals surface area contributed by atoms with Crippen LogP contribution in [0.4, 0.5) is 0 Å². The quantitative estimate of drug-likeness (QED) is 0.550. The van der Waals surface area contributed by atoms with E-state index >= 15 is 0 Å². The first kappa shape index (κ1) is 15.7. The molecule has 0 heterocycles. The van der Waals surface area contributed by atoms with E-state index in [4.69, 9.17) is 9.84 Å². The van der Waals surface area contributed by atoms with Crippen LogP contribution in [0.15, 0.2) is 11.6 Å². The van der Waals surface area contributed by atoms with Gasteiger partial charge in [-0.05, 0) is 26.7 Å². The molecule has 0 spiro atoms. The number of hydrogen-bond acceptors (Lipinski definition) is 3. The molecule has 0 saturated carbocycles. The maximum absolute atomic E-state index is 11.6. The standard InChI is InChI=1S/C13H22O4/c1-5-7-13(4,8-6-2)17-11(14)9-10(3)12(15)16/h9H,5-8H2,1-4H3,(H,15,16). The molecule has 0 radical (unpaired) electrons. The topological polar surface area (TPSA) is 63.6 Å². The first-order valence-electron chi connectivity index (χ1n) is 5.99. The van der Waals surface area contributed by atoms with Gasteiger partial charge in [0, 0.05) is 11.6 Å². The maximum Gasteiger partial charge on any atom is 0.331 e. The molecule has 0 atom stereocenters. The first-order valence-corrected chi connectivity index (χ1v) is 5.99. The van der Waals surface area contributed by atoms with Gasteiger partial charge in [-0.2, -0.15) is 0 Å². The summed E-state index contributed by atoms with van der Waals surface area (Å²) in [5.74, 6) is -1.68. The van der Waals surface area contributed by atoms with E-state index in [-0.39, 0.29) is 5.57 Å². The molecule has 0 fully saturated rings. The smallest absolute Gasteiger partial charge is 0.331 e. The minimum absolute atomic E-state index is 0.00894. The highest BCUT2D eigenvalue weighted by atomic mass is 16.6. The van der Waals surface area contributed by atoms with E-state index in [2.05, 4.69) is 0 Å². The molecule has 0 saturated heterocycles. The average Bonchev–Trinajstić information content (AvgIpc) is 2.16. The van der Waals surface area contributed by atoms with Gasteiger partial charge in [-0.3, -0.25) is 0 Å². The van der Waals surface area contributed by atoms with Crippen LogP contribution in [0.2, 0.25) is 0 Å². The number of carbonyl (C=O) groups is 2. The van der Waals surface area contributed by atoms with Crippen LogP contribution in [0.25, 0.3) is 0 Å². The number of carboxylic acids is 1. The van der Waals surface area contributed by atoms with E-state index in [0.29, 0.717) is 0 Å². The molecule has 0 unspecified atom stereocenters. The van der Waals surface area contributed by atoms with Crippen molar-refractivity contribution >= 4 is 11.9 Å². The number of hydrogen-bond donors (Lipinski definition) is 1. The molecular weight excluding hydrogens is 220 g/mol. The van der Waals surface area contributed by atoms with Crippen molar-refractivity contribution < 1.29 is 19.4 Å². The van der Waals surface area contributed by atoms with Crippen molar-refractivity contribution in [3.05, 3.63) is 11.6 Å². The summed E-state index contributed by atoms with van der Waals surface area (Å²) in [6.45, 7) is 7.32. The Labute approximate surface area is 103 Å². The Hall–Kier alpha value is -1.32. The molecule has 0 bridgehead atoms. The molecule has 1 N–H and O–H groups in total. The lowest BCUT2D eigenvalue weighted by molar-refractivity contribution is -0.153. The maximum atomic E-state index is 11.6. The van der Waals surface area contributed by atoms with Crippen molar-refractivity contribution in [2.45, 2.75) is 59.0 Å². The molecule has 0 amide bonds. The molecule has 0 aliphatic carbocycles. The summed E-state index contributed by atoms with van der Waals surface area (Å²) in [7, 11) is 0. The van der Waals surface area contributed by atoms with Crippen LogP contribution in [-0.4, -0.2) is 22.6 Å². The lowest BCUT2D eigenvalue weighted by Crippen LogP contribution is -2.31. The zero-order valence-electron chi connectivity index (χ0n) is 11.1. The van der Waals surface area contributed by atoms with E-state index in [1.807, 2.05) is 20.8 Å². The molecule has 0 aromatic rings. The van der Waals surface area contributed by atoms with Gasteiger partial charge < -0.3 is 9.84 Å². The predicted molar refractivity (Wildman–Crippen MR) is 65.7 cm³/mol. The summed E-state index contributed by atoms with van der Waals surface area (Å²) < 4.78 is 5.36. The second kappa shape index (κ2) is 7.09. The van der Waals surface area contributed by atoms with Crippen LogP contribution in [0.1, 0.15) is 53.4 Å². The van der Waals surface area contributed by atoms with Gasteiger partial charge in [0.1, 0.15) is 5.60 Å². The molecule has 4 heteroatoms. The van der Waals surface area contributed by atoms with Gasteiger partial charge in [0.15, 0.2) is 0 Å². The number of ether oxygens (including phenoxy) is 1. The van der Waals surface area contributed by atoms with Crippen molar-refractivity contribution in [2.75, 3.05) is 0 Å². The first-order chi connectivity index (χ1) is 7.84. The largest absolute Gasteiger partial charge is 0.478 e. The highest BCUT2D eigenvalue weighted by Gasteiger charge is 2.26. The summed E-state index contributed by atoms with van der Waals surface area (Å²) in [4.78, 5) is 22.1. The Morgan fingerprint density at radius 3 is 2.06 bits per heavy atom. The highest BCUT2D eigenvalue weighted by Crippen LogP contribution is 2.24. The van der Waals surface area contributed by atoms with Crippen molar-refractivity contribution in [2.24, 2.45) is 0 Å². The number of rotatable bonds is 7. The summed E-state index contributed by atoms with van der Waals surface area (Å²) >= 11 is 0. The Morgan fingerprint density at radius 2 is 1.71 bits per heavy atom. The van der Waals surface area contributed by atoms with Crippen LogP contribution in [0.3, 0.4) is 0 Å². The normalized spacial score (nSPS) is 12.4. The van der Waals surface area contributed by atoms with Crippen LogP contribution < -0.4 is 0 Å². The minimum Gasteiger partial charge on any atom is -0.478 e. The van der Waals surface area contributed by atoms with Crippen LogP contribution in [-0.2, 0) is 14.3 Å². The third-order valence-corrected chi connectivity index (χ3v) is 2.58. The van der Waals surface area contributed by atoms with Crippen molar-refractivity contribution in [1.82, 2.24) is 0 Å². The minimum atomic E-state index is -1.10. The second-order valence-electron chi connectivity index (χ2n) is 4.50. The number of carboxylic acid groups (broad SMARTS) is 1. The van der Waals surface area contributed by atoms with Gasteiger partial charge in [0.2, 0.25) is 0 Å². The van der Waals surface area contributed by atoms with E-state index in [1.54, 1.807) is 0 Å².